The summed E-state index contributed by atoms with van der Waals surface area (Å²) in [6.07, 6.45) is 2.87. The van der Waals surface area contributed by atoms with Gasteiger partial charge in [-0.05, 0) is 25.5 Å². The molecular formula is C12H13N3O. The monoisotopic (exact) mass is 215 g/mol. The van der Waals surface area contributed by atoms with E-state index in [0.29, 0.717) is 18.7 Å². The minimum absolute atomic E-state index is 0.0981. The van der Waals surface area contributed by atoms with Gasteiger partial charge in [0, 0.05) is 12.1 Å². The smallest absolute Gasteiger partial charge is 0.267 e. The second kappa shape index (κ2) is 4.23. The van der Waals surface area contributed by atoms with Crippen molar-refractivity contribution in [3.63, 3.8) is 0 Å². The number of rotatable bonds is 1. The van der Waals surface area contributed by atoms with Crippen LogP contribution >= 0.6 is 0 Å². The number of benzene rings is 1. The van der Waals surface area contributed by atoms with Gasteiger partial charge in [0.25, 0.3) is 5.91 Å². The molecule has 2 rings (SSSR count). The molecule has 1 aromatic rings. The zero-order valence-electron chi connectivity index (χ0n) is 9.18. The summed E-state index contributed by atoms with van der Waals surface area (Å²) in [4.78, 5) is 12.1. The Morgan fingerprint density at radius 3 is 2.62 bits per heavy atom. The van der Waals surface area contributed by atoms with E-state index in [4.69, 9.17) is 5.26 Å². The summed E-state index contributed by atoms with van der Waals surface area (Å²) < 4.78 is 0. The Labute approximate surface area is 94.7 Å². The Balaban J connectivity index is 2.19. The Kier molecular flexibility index (Phi) is 2.78. The first-order chi connectivity index (χ1) is 7.72. The number of hydrogen-bond donors (Lipinski definition) is 0. The average molecular weight is 215 g/mol. The van der Waals surface area contributed by atoms with Crippen molar-refractivity contribution < 1.29 is 4.79 Å². The van der Waals surface area contributed by atoms with Gasteiger partial charge in [-0.2, -0.15) is 5.26 Å². The van der Waals surface area contributed by atoms with Crippen molar-refractivity contribution in [2.75, 3.05) is 13.1 Å². The Morgan fingerprint density at radius 1 is 1.31 bits per heavy atom. The molecule has 4 nitrogen and oxygen atoms in total. The zero-order chi connectivity index (χ0) is 11.5. The molecule has 1 saturated heterocycles. The van der Waals surface area contributed by atoms with Crippen LogP contribution in [0.5, 0.6) is 0 Å². The second-order valence-electron chi connectivity index (χ2n) is 3.87. The first-order valence-corrected chi connectivity index (χ1v) is 5.28. The molecule has 0 bridgehead atoms. The van der Waals surface area contributed by atoms with Crippen molar-refractivity contribution in [2.45, 2.75) is 13.3 Å². The second-order valence-corrected chi connectivity index (χ2v) is 3.87. The molecule has 1 aromatic carbocycles. The van der Waals surface area contributed by atoms with Crippen LogP contribution in [0.2, 0.25) is 0 Å². The van der Waals surface area contributed by atoms with E-state index in [1.807, 2.05) is 25.2 Å². The Hall–Kier alpha value is -2.02. The topological polar surface area (TPSA) is 47.3 Å². The van der Waals surface area contributed by atoms with Crippen LogP contribution in [0.15, 0.2) is 24.3 Å². The largest absolute Gasteiger partial charge is 0.272 e. The third-order valence-corrected chi connectivity index (χ3v) is 2.68. The van der Waals surface area contributed by atoms with Crippen molar-refractivity contribution in [2.24, 2.45) is 0 Å². The molecule has 0 aromatic heterocycles. The normalized spacial score (nSPS) is 15.0. The zero-order valence-corrected chi connectivity index (χ0v) is 9.18. The van der Waals surface area contributed by atoms with Gasteiger partial charge >= 0.3 is 0 Å². The van der Waals surface area contributed by atoms with E-state index in [1.54, 1.807) is 12.1 Å². The summed E-state index contributed by atoms with van der Waals surface area (Å²) in [6, 6.07) is 7.40. The summed E-state index contributed by atoms with van der Waals surface area (Å²) in [5, 5.41) is 11.8. The summed E-state index contributed by atoms with van der Waals surface area (Å²) in [5.41, 5.74) is 1.75. The van der Waals surface area contributed by atoms with Crippen molar-refractivity contribution in [1.29, 1.82) is 5.26 Å². The van der Waals surface area contributed by atoms with Crippen molar-refractivity contribution in [1.82, 2.24) is 10.0 Å². The van der Waals surface area contributed by atoms with Crippen LogP contribution in [0.4, 0.5) is 0 Å². The minimum Gasteiger partial charge on any atom is -0.267 e. The molecule has 0 unspecified atom stereocenters. The molecular weight excluding hydrogens is 202 g/mol. The van der Waals surface area contributed by atoms with Crippen molar-refractivity contribution >= 4 is 5.91 Å². The molecule has 1 amide bonds. The van der Waals surface area contributed by atoms with Gasteiger partial charge in [0.15, 0.2) is 6.19 Å². The molecule has 0 radical (unpaired) electrons. The molecule has 1 aliphatic rings. The molecule has 1 fully saturated rings. The average Bonchev–Trinajstić information content (AvgIpc) is 2.77. The van der Waals surface area contributed by atoms with E-state index < -0.39 is 0 Å². The molecule has 16 heavy (non-hydrogen) atoms. The standard InChI is InChI=1S/C12H13N3O/c1-10-3-5-11(6-4-10)12(16)15-8-2-7-14(15)9-13/h3-6H,2,7-8H2,1H3. The van der Waals surface area contributed by atoms with Crippen LogP contribution in [0.3, 0.4) is 0 Å². The highest BCUT2D eigenvalue weighted by atomic mass is 16.2. The van der Waals surface area contributed by atoms with Crippen LogP contribution in [0.25, 0.3) is 0 Å². The highest BCUT2D eigenvalue weighted by molar-refractivity contribution is 5.94. The number of nitrogens with zero attached hydrogens (tertiary/aromatic N) is 3. The van der Waals surface area contributed by atoms with Gasteiger partial charge in [-0.25, -0.2) is 10.0 Å². The van der Waals surface area contributed by atoms with Crippen LogP contribution in [0.1, 0.15) is 22.3 Å². The molecule has 0 atom stereocenters. The summed E-state index contributed by atoms with van der Waals surface area (Å²) >= 11 is 0. The Morgan fingerprint density at radius 2 is 2.00 bits per heavy atom. The van der Waals surface area contributed by atoms with Crippen molar-refractivity contribution in [3.8, 4) is 6.19 Å². The van der Waals surface area contributed by atoms with Gasteiger partial charge in [-0.15, -0.1) is 0 Å². The van der Waals surface area contributed by atoms with Gasteiger partial charge in [0.05, 0.1) is 6.54 Å². The number of carbonyl (C=O) groups is 1. The quantitative estimate of drug-likeness (QED) is 0.667. The predicted octanol–water partition coefficient (Wildman–Crippen LogP) is 1.54. The summed E-state index contributed by atoms with van der Waals surface area (Å²) in [7, 11) is 0. The van der Waals surface area contributed by atoms with Crippen LogP contribution in [-0.2, 0) is 0 Å². The lowest BCUT2D eigenvalue weighted by Gasteiger charge is -2.22. The maximum absolute atomic E-state index is 12.1. The SMILES string of the molecule is Cc1ccc(C(=O)N2CCCN2C#N)cc1. The van der Waals surface area contributed by atoms with E-state index in [-0.39, 0.29) is 5.91 Å². The Bertz CT molecular complexity index is 433. The molecule has 0 spiro atoms. The van der Waals surface area contributed by atoms with Gasteiger partial charge in [-0.3, -0.25) is 4.79 Å². The lowest BCUT2D eigenvalue weighted by Crippen LogP contribution is -2.38. The molecule has 1 heterocycles. The lowest BCUT2D eigenvalue weighted by atomic mass is 10.1. The van der Waals surface area contributed by atoms with Gasteiger partial charge in [0.2, 0.25) is 0 Å². The molecule has 4 heteroatoms. The fourth-order valence-electron chi connectivity index (χ4n) is 1.77. The molecule has 1 aliphatic heterocycles. The van der Waals surface area contributed by atoms with Crippen LogP contribution < -0.4 is 0 Å². The maximum atomic E-state index is 12.1. The van der Waals surface area contributed by atoms with Crippen LogP contribution in [0, 0.1) is 18.4 Å². The predicted molar refractivity (Wildman–Crippen MR) is 59.2 cm³/mol. The highest BCUT2D eigenvalue weighted by Gasteiger charge is 2.26. The minimum atomic E-state index is -0.0981. The lowest BCUT2D eigenvalue weighted by molar-refractivity contribution is 0.0453. The van der Waals surface area contributed by atoms with E-state index in [2.05, 4.69) is 0 Å². The van der Waals surface area contributed by atoms with E-state index >= 15 is 0 Å². The summed E-state index contributed by atoms with van der Waals surface area (Å²) in [6.45, 7) is 3.24. The van der Waals surface area contributed by atoms with E-state index in [1.165, 1.54) is 10.0 Å². The number of aryl methyl sites for hydroxylation is 1. The molecule has 0 N–H and O–H groups in total. The number of carbonyl (C=O) groups excluding carboxylic acids is 1. The van der Waals surface area contributed by atoms with E-state index in [0.717, 1.165) is 12.0 Å². The number of amides is 1. The van der Waals surface area contributed by atoms with E-state index in [9.17, 15) is 4.79 Å². The first-order valence-electron chi connectivity index (χ1n) is 5.28. The first kappa shape index (κ1) is 10.5. The summed E-state index contributed by atoms with van der Waals surface area (Å²) in [5.74, 6) is -0.0981. The molecule has 82 valence electrons. The van der Waals surface area contributed by atoms with Gasteiger partial charge < -0.3 is 0 Å². The third-order valence-electron chi connectivity index (χ3n) is 2.68. The fraction of sp³-hybridized carbons (Fsp3) is 0.333. The molecule has 0 saturated carbocycles. The van der Waals surface area contributed by atoms with Crippen molar-refractivity contribution in [3.05, 3.63) is 35.4 Å². The highest BCUT2D eigenvalue weighted by Crippen LogP contribution is 2.14. The van der Waals surface area contributed by atoms with Crippen LogP contribution in [-0.4, -0.2) is 29.0 Å². The maximum Gasteiger partial charge on any atom is 0.272 e. The fourth-order valence-corrected chi connectivity index (χ4v) is 1.77. The number of hydrogen-bond acceptors (Lipinski definition) is 3. The number of hydrazine groups is 1. The third kappa shape index (κ3) is 1.84. The number of nitriles is 1. The van der Waals surface area contributed by atoms with Gasteiger partial charge in [0.1, 0.15) is 0 Å². The molecule has 0 aliphatic carbocycles. The van der Waals surface area contributed by atoms with Gasteiger partial charge in [-0.1, -0.05) is 17.7 Å².